The van der Waals surface area contributed by atoms with Gasteiger partial charge in [-0.1, -0.05) is 94.4 Å². The molecule has 0 atom stereocenters. The Labute approximate surface area is 229 Å². The van der Waals surface area contributed by atoms with Gasteiger partial charge >= 0.3 is 0 Å². The average Bonchev–Trinajstić information content (AvgIpc) is 3.35. The van der Waals surface area contributed by atoms with Crippen molar-refractivity contribution in [2.75, 3.05) is 0 Å². The van der Waals surface area contributed by atoms with Crippen LogP contribution < -0.4 is 0 Å². The third-order valence-corrected chi connectivity index (χ3v) is 7.49. The van der Waals surface area contributed by atoms with Crippen LogP contribution in [-0.4, -0.2) is 4.98 Å². The molecule has 6 aromatic rings. The van der Waals surface area contributed by atoms with Crippen LogP contribution in [0.3, 0.4) is 0 Å². The molecule has 0 saturated heterocycles. The molecule has 0 aliphatic heterocycles. The van der Waals surface area contributed by atoms with E-state index >= 15 is 0 Å². The Balaban J connectivity index is 1.62. The third kappa shape index (κ3) is 4.29. The Morgan fingerprint density at radius 1 is 0.667 bits per heavy atom. The Bertz CT molecular complexity index is 1840. The normalized spacial score (nSPS) is 11.5. The van der Waals surface area contributed by atoms with E-state index in [2.05, 4.69) is 93.2 Å². The molecule has 0 radical (unpaired) electrons. The Kier molecular flexibility index (Phi) is 6.25. The fraction of sp³-hybridized carbons (Fsp3) is 0.167. The number of benzene rings is 4. The monoisotopic (exact) mass is 506 g/mol. The molecule has 0 fully saturated rings. The van der Waals surface area contributed by atoms with Crippen molar-refractivity contribution in [3.8, 4) is 33.5 Å². The van der Waals surface area contributed by atoms with Crippen LogP contribution in [0.4, 0.5) is 5.69 Å². The van der Waals surface area contributed by atoms with E-state index in [0.717, 1.165) is 49.9 Å². The number of para-hydroxylation sites is 1. The highest BCUT2D eigenvalue weighted by Crippen LogP contribution is 2.43. The molecule has 4 aromatic carbocycles. The van der Waals surface area contributed by atoms with Crippen molar-refractivity contribution in [3.05, 3.63) is 120 Å². The second-order valence-electron chi connectivity index (χ2n) is 10.7. The SMILES string of the molecule is [C-]#[N+]c1cc(-c2cc(-c3c(C(C)C)cccc3C(C)C)ccn2)c2oc3c(-c4ccccc4)cccc3c2c1. The molecule has 0 aliphatic carbocycles. The number of pyridine rings is 1. The van der Waals surface area contributed by atoms with Crippen LogP contribution in [0.1, 0.15) is 50.7 Å². The van der Waals surface area contributed by atoms with Gasteiger partial charge in [-0.3, -0.25) is 4.98 Å². The molecule has 0 saturated carbocycles. The van der Waals surface area contributed by atoms with E-state index in [0.29, 0.717) is 17.5 Å². The fourth-order valence-electron chi connectivity index (χ4n) is 5.60. The number of furan rings is 1. The fourth-order valence-corrected chi connectivity index (χ4v) is 5.60. The minimum atomic E-state index is 0.388. The largest absolute Gasteiger partial charge is 0.455 e. The van der Waals surface area contributed by atoms with Crippen molar-refractivity contribution in [1.29, 1.82) is 0 Å². The van der Waals surface area contributed by atoms with E-state index in [1.807, 2.05) is 36.5 Å². The van der Waals surface area contributed by atoms with Gasteiger partial charge in [-0.2, -0.15) is 0 Å². The van der Waals surface area contributed by atoms with Crippen LogP contribution in [0.5, 0.6) is 0 Å². The molecule has 0 bridgehead atoms. The molecule has 39 heavy (non-hydrogen) atoms. The topological polar surface area (TPSA) is 30.4 Å². The van der Waals surface area contributed by atoms with Crippen LogP contribution in [-0.2, 0) is 0 Å². The second-order valence-corrected chi connectivity index (χ2v) is 10.7. The summed E-state index contributed by atoms with van der Waals surface area (Å²) >= 11 is 0. The van der Waals surface area contributed by atoms with Crippen LogP contribution in [0, 0.1) is 6.57 Å². The first-order valence-electron chi connectivity index (χ1n) is 13.5. The van der Waals surface area contributed by atoms with Crippen molar-refractivity contribution in [1.82, 2.24) is 4.98 Å². The van der Waals surface area contributed by atoms with Crippen LogP contribution in [0.2, 0.25) is 0 Å². The summed E-state index contributed by atoms with van der Waals surface area (Å²) in [7, 11) is 0. The summed E-state index contributed by atoms with van der Waals surface area (Å²) in [5.74, 6) is 0.776. The maximum atomic E-state index is 7.82. The molecular formula is C36H30N2O. The maximum Gasteiger partial charge on any atom is 0.188 e. The second kappa shape index (κ2) is 9.89. The van der Waals surface area contributed by atoms with Gasteiger partial charge in [0.15, 0.2) is 5.69 Å². The van der Waals surface area contributed by atoms with Crippen molar-refractivity contribution >= 4 is 27.6 Å². The van der Waals surface area contributed by atoms with Gasteiger partial charge in [-0.05, 0) is 63.9 Å². The Morgan fingerprint density at radius 2 is 1.36 bits per heavy atom. The molecule has 0 N–H and O–H groups in total. The standard InChI is InChI=1S/C36H30N2O/c1-22(2)27-13-9-14-28(23(3)4)34(27)25-17-18-38-33(19-25)32-21-26(37-5)20-31-30-16-10-15-29(35(30)39-36(31)32)24-11-7-6-8-12-24/h6-23H,1-4H3. The first kappa shape index (κ1) is 24.6. The summed E-state index contributed by atoms with van der Waals surface area (Å²) in [6.07, 6.45) is 1.88. The third-order valence-electron chi connectivity index (χ3n) is 7.49. The first-order valence-corrected chi connectivity index (χ1v) is 13.5. The smallest absolute Gasteiger partial charge is 0.188 e. The minimum absolute atomic E-state index is 0.388. The number of rotatable bonds is 5. The van der Waals surface area contributed by atoms with Gasteiger partial charge in [0.2, 0.25) is 0 Å². The van der Waals surface area contributed by atoms with Crippen molar-refractivity contribution in [2.24, 2.45) is 0 Å². The van der Waals surface area contributed by atoms with E-state index in [1.165, 1.54) is 16.7 Å². The van der Waals surface area contributed by atoms with Gasteiger partial charge in [-0.15, -0.1) is 0 Å². The highest BCUT2D eigenvalue weighted by atomic mass is 16.3. The summed E-state index contributed by atoms with van der Waals surface area (Å²) in [4.78, 5) is 8.61. The van der Waals surface area contributed by atoms with Gasteiger partial charge in [0, 0.05) is 28.1 Å². The molecule has 0 spiro atoms. The van der Waals surface area contributed by atoms with Crippen LogP contribution in [0.25, 0.3) is 60.3 Å². The summed E-state index contributed by atoms with van der Waals surface area (Å²) in [6.45, 7) is 16.8. The van der Waals surface area contributed by atoms with E-state index in [1.54, 1.807) is 0 Å². The summed E-state index contributed by atoms with van der Waals surface area (Å²) < 4.78 is 6.65. The minimum Gasteiger partial charge on any atom is -0.455 e. The number of aromatic nitrogens is 1. The van der Waals surface area contributed by atoms with Gasteiger partial charge in [-0.25, -0.2) is 4.85 Å². The summed E-state index contributed by atoms with van der Waals surface area (Å²) in [6, 6.07) is 31.2. The quantitative estimate of drug-likeness (QED) is 0.218. The predicted octanol–water partition coefficient (Wildman–Crippen LogP) is 10.8. The van der Waals surface area contributed by atoms with Crippen molar-refractivity contribution in [3.63, 3.8) is 0 Å². The van der Waals surface area contributed by atoms with E-state index in [-0.39, 0.29) is 0 Å². The lowest BCUT2D eigenvalue weighted by Crippen LogP contribution is -2.00. The summed E-state index contributed by atoms with van der Waals surface area (Å²) in [5.41, 5.74) is 11.0. The average molecular weight is 507 g/mol. The van der Waals surface area contributed by atoms with Crippen LogP contribution in [0.15, 0.2) is 102 Å². The molecule has 2 heterocycles. The number of hydrogen-bond donors (Lipinski definition) is 0. The predicted molar refractivity (Wildman–Crippen MR) is 162 cm³/mol. The lowest BCUT2D eigenvalue weighted by molar-refractivity contribution is 0.671. The summed E-state index contributed by atoms with van der Waals surface area (Å²) in [5, 5.41) is 1.94. The maximum absolute atomic E-state index is 7.82. The molecule has 190 valence electrons. The number of fused-ring (bicyclic) bond motifs is 3. The molecule has 3 nitrogen and oxygen atoms in total. The molecule has 0 aliphatic rings. The number of hydrogen-bond acceptors (Lipinski definition) is 2. The van der Waals surface area contributed by atoms with Gasteiger partial charge in [0.25, 0.3) is 0 Å². The van der Waals surface area contributed by atoms with Gasteiger partial charge in [0.05, 0.1) is 12.3 Å². The molecule has 0 amide bonds. The first-order chi connectivity index (χ1) is 19.0. The van der Waals surface area contributed by atoms with Gasteiger partial charge in [0.1, 0.15) is 11.2 Å². The zero-order valence-corrected chi connectivity index (χ0v) is 22.7. The van der Waals surface area contributed by atoms with E-state index in [9.17, 15) is 0 Å². The van der Waals surface area contributed by atoms with Crippen molar-refractivity contribution < 1.29 is 4.42 Å². The number of nitrogens with zero attached hydrogens (tertiary/aromatic N) is 2. The molecular weight excluding hydrogens is 476 g/mol. The zero-order chi connectivity index (χ0) is 27.1. The van der Waals surface area contributed by atoms with Gasteiger partial charge < -0.3 is 4.42 Å². The molecule has 2 aromatic heterocycles. The molecule has 0 unspecified atom stereocenters. The Morgan fingerprint density at radius 3 is 2.05 bits per heavy atom. The van der Waals surface area contributed by atoms with Crippen LogP contribution >= 0.6 is 0 Å². The lowest BCUT2D eigenvalue weighted by Gasteiger charge is -2.20. The van der Waals surface area contributed by atoms with E-state index < -0.39 is 0 Å². The molecule has 3 heteroatoms. The highest BCUT2D eigenvalue weighted by Gasteiger charge is 2.20. The lowest BCUT2D eigenvalue weighted by atomic mass is 9.85. The Hall–Kier alpha value is -4.68. The molecule has 6 rings (SSSR count). The van der Waals surface area contributed by atoms with E-state index in [4.69, 9.17) is 16.0 Å². The highest BCUT2D eigenvalue weighted by molar-refractivity contribution is 6.14. The zero-order valence-electron chi connectivity index (χ0n) is 22.7. The van der Waals surface area contributed by atoms with Crippen molar-refractivity contribution in [2.45, 2.75) is 39.5 Å².